The molecular weight excluding hydrogens is 234 g/mol. The molecule has 0 amide bonds. The molecule has 0 aliphatic heterocycles. The molecule has 2 aromatic rings. The number of pyridine rings is 1. The summed E-state index contributed by atoms with van der Waals surface area (Å²) in [5, 5.41) is 10.5. The Morgan fingerprint density at radius 1 is 1.28 bits per heavy atom. The van der Waals surface area contributed by atoms with Gasteiger partial charge in [0.1, 0.15) is 18.2 Å². The van der Waals surface area contributed by atoms with Crippen LogP contribution in [0.3, 0.4) is 0 Å². The second-order valence-corrected chi connectivity index (χ2v) is 3.59. The molecule has 2 rings (SSSR count). The van der Waals surface area contributed by atoms with Crippen molar-refractivity contribution in [2.75, 3.05) is 5.73 Å². The normalized spacial score (nSPS) is 10.0. The molecule has 0 aliphatic carbocycles. The van der Waals surface area contributed by atoms with E-state index in [9.17, 15) is 10.1 Å². The van der Waals surface area contributed by atoms with Crippen LogP contribution < -0.4 is 10.5 Å². The third-order valence-corrected chi connectivity index (χ3v) is 2.37. The average Bonchev–Trinajstić information content (AvgIpc) is 2.38. The van der Waals surface area contributed by atoms with E-state index in [0.717, 1.165) is 5.56 Å². The van der Waals surface area contributed by atoms with Gasteiger partial charge in [0.25, 0.3) is 5.69 Å². The molecule has 0 atom stereocenters. The van der Waals surface area contributed by atoms with Crippen LogP contribution in [0.1, 0.15) is 5.56 Å². The monoisotopic (exact) mass is 245 g/mol. The quantitative estimate of drug-likeness (QED) is 0.658. The van der Waals surface area contributed by atoms with E-state index >= 15 is 0 Å². The highest BCUT2D eigenvalue weighted by atomic mass is 16.6. The summed E-state index contributed by atoms with van der Waals surface area (Å²) in [6, 6.07) is 9.46. The Morgan fingerprint density at radius 2 is 2.00 bits per heavy atom. The molecule has 1 aromatic heterocycles. The zero-order valence-corrected chi connectivity index (χ0v) is 9.45. The fourth-order valence-electron chi connectivity index (χ4n) is 1.40. The van der Waals surface area contributed by atoms with Gasteiger partial charge in [0.05, 0.1) is 4.92 Å². The summed E-state index contributed by atoms with van der Waals surface area (Å²) in [4.78, 5) is 14.0. The third kappa shape index (κ3) is 2.73. The Labute approximate surface area is 103 Å². The Kier molecular flexibility index (Phi) is 3.38. The van der Waals surface area contributed by atoms with Crippen molar-refractivity contribution in [3.63, 3.8) is 0 Å². The Hall–Kier alpha value is -2.63. The Bertz CT molecular complexity index is 555. The summed E-state index contributed by atoms with van der Waals surface area (Å²) in [6.07, 6.45) is 1.60. The van der Waals surface area contributed by atoms with E-state index in [4.69, 9.17) is 10.5 Å². The SMILES string of the molecule is Nc1ncccc1COc1ccc([N+](=O)[O-])cc1. The zero-order valence-electron chi connectivity index (χ0n) is 9.45. The molecule has 1 aromatic carbocycles. The van der Waals surface area contributed by atoms with Crippen molar-refractivity contribution in [1.82, 2.24) is 4.98 Å². The number of ether oxygens (including phenoxy) is 1. The second kappa shape index (κ2) is 5.13. The minimum absolute atomic E-state index is 0.0308. The molecular formula is C12H11N3O3. The van der Waals surface area contributed by atoms with E-state index in [2.05, 4.69) is 4.98 Å². The predicted molar refractivity (Wildman–Crippen MR) is 66.1 cm³/mol. The smallest absolute Gasteiger partial charge is 0.269 e. The third-order valence-electron chi connectivity index (χ3n) is 2.37. The maximum Gasteiger partial charge on any atom is 0.269 e. The van der Waals surface area contributed by atoms with Gasteiger partial charge in [-0.3, -0.25) is 10.1 Å². The number of non-ortho nitro benzene ring substituents is 1. The number of rotatable bonds is 4. The molecule has 0 unspecified atom stereocenters. The van der Waals surface area contributed by atoms with Crippen molar-refractivity contribution in [3.05, 3.63) is 58.3 Å². The van der Waals surface area contributed by atoms with Gasteiger partial charge in [-0.1, -0.05) is 6.07 Å². The van der Waals surface area contributed by atoms with Crippen LogP contribution in [0.5, 0.6) is 5.75 Å². The van der Waals surface area contributed by atoms with Crippen LogP contribution in [0.15, 0.2) is 42.6 Å². The first-order valence-corrected chi connectivity index (χ1v) is 5.23. The van der Waals surface area contributed by atoms with E-state index in [1.54, 1.807) is 24.4 Å². The molecule has 1 heterocycles. The van der Waals surface area contributed by atoms with Crippen LogP contribution in [0.4, 0.5) is 11.5 Å². The van der Waals surface area contributed by atoms with Crippen molar-refractivity contribution in [1.29, 1.82) is 0 Å². The van der Waals surface area contributed by atoms with Gasteiger partial charge in [-0.15, -0.1) is 0 Å². The molecule has 6 heteroatoms. The maximum absolute atomic E-state index is 10.5. The molecule has 92 valence electrons. The van der Waals surface area contributed by atoms with Gasteiger partial charge < -0.3 is 10.5 Å². The number of nitrogen functional groups attached to an aromatic ring is 1. The molecule has 0 fully saturated rings. The first-order chi connectivity index (χ1) is 8.66. The van der Waals surface area contributed by atoms with Gasteiger partial charge in [-0.25, -0.2) is 4.98 Å². The number of nitro benzene ring substituents is 1. The first-order valence-electron chi connectivity index (χ1n) is 5.23. The Balaban J connectivity index is 2.02. The number of nitrogens with two attached hydrogens (primary N) is 1. The van der Waals surface area contributed by atoms with Crippen LogP contribution in [0.25, 0.3) is 0 Å². The number of benzene rings is 1. The highest BCUT2D eigenvalue weighted by Crippen LogP contribution is 2.19. The molecule has 0 saturated heterocycles. The standard InChI is InChI=1S/C12H11N3O3/c13-12-9(2-1-7-14-12)8-18-11-5-3-10(4-6-11)15(16)17/h1-7H,8H2,(H2,13,14). The minimum atomic E-state index is -0.455. The van der Waals surface area contributed by atoms with E-state index in [1.807, 2.05) is 6.07 Å². The van der Waals surface area contributed by atoms with Crippen molar-refractivity contribution in [3.8, 4) is 5.75 Å². The lowest BCUT2D eigenvalue weighted by molar-refractivity contribution is -0.384. The van der Waals surface area contributed by atoms with E-state index in [1.165, 1.54) is 12.1 Å². The fraction of sp³-hybridized carbons (Fsp3) is 0.0833. The topological polar surface area (TPSA) is 91.3 Å². The van der Waals surface area contributed by atoms with Gasteiger partial charge in [0.15, 0.2) is 0 Å². The summed E-state index contributed by atoms with van der Waals surface area (Å²) in [7, 11) is 0. The largest absolute Gasteiger partial charge is 0.489 e. The van der Waals surface area contributed by atoms with Gasteiger partial charge >= 0.3 is 0 Å². The number of hydrogen-bond donors (Lipinski definition) is 1. The minimum Gasteiger partial charge on any atom is -0.489 e. The van der Waals surface area contributed by atoms with Gasteiger partial charge in [0, 0.05) is 23.9 Å². The highest BCUT2D eigenvalue weighted by molar-refractivity contribution is 5.39. The first kappa shape index (κ1) is 11.8. The summed E-state index contributed by atoms with van der Waals surface area (Å²) in [5.41, 5.74) is 6.47. The van der Waals surface area contributed by atoms with E-state index < -0.39 is 4.92 Å². The molecule has 0 spiro atoms. The summed E-state index contributed by atoms with van der Waals surface area (Å²) in [5.74, 6) is 0.961. The van der Waals surface area contributed by atoms with Crippen LogP contribution in [0, 0.1) is 10.1 Å². The van der Waals surface area contributed by atoms with Crippen molar-refractivity contribution >= 4 is 11.5 Å². The number of nitrogens with zero attached hydrogens (tertiary/aromatic N) is 2. The molecule has 18 heavy (non-hydrogen) atoms. The van der Waals surface area contributed by atoms with Gasteiger partial charge in [0.2, 0.25) is 0 Å². The molecule has 2 N–H and O–H groups in total. The second-order valence-electron chi connectivity index (χ2n) is 3.59. The van der Waals surface area contributed by atoms with E-state index in [-0.39, 0.29) is 12.3 Å². The summed E-state index contributed by atoms with van der Waals surface area (Å²) >= 11 is 0. The molecule has 0 bridgehead atoms. The highest BCUT2D eigenvalue weighted by Gasteiger charge is 2.05. The number of nitro groups is 1. The fourth-order valence-corrected chi connectivity index (χ4v) is 1.40. The summed E-state index contributed by atoms with van der Waals surface area (Å²) < 4.78 is 5.47. The molecule has 0 saturated carbocycles. The zero-order chi connectivity index (χ0) is 13.0. The lowest BCUT2D eigenvalue weighted by Gasteiger charge is -2.07. The van der Waals surface area contributed by atoms with Crippen molar-refractivity contribution in [2.24, 2.45) is 0 Å². The average molecular weight is 245 g/mol. The van der Waals surface area contributed by atoms with Crippen molar-refractivity contribution in [2.45, 2.75) is 6.61 Å². The lowest BCUT2D eigenvalue weighted by atomic mass is 10.2. The van der Waals surface area contributed by atoms with Crippen LogP contribution >= 0.6 is 0 Å². The summed E-state index contributed by atoms with van der Waals surface area (Å²) in [6.45, 7) is 0.275. The van der Waals surface area contributed by atoms with Crippen LogP contribution in [0.2, 0.25) is 0 Å². The lowest BCUT2D eigenvalue weighted by Crippen LogP contribution is -2.01. The van der Waals surface area contributed by atoms with Gasteiger partial charge in [-0.05, 0) is 18.2 Å². The maximum atomic E-state index is 10.5. The molecule has 0 aliphatic rings. The number of anilines is 1. The van der Waals surface area contributed by atoms with E-state index in [0.29, 0.717) is 11.6 Å². The number of hydrogen-bond acceptors (Lipinski definition) is 5. The molecule has 6 nitrogen and oxygen atoms in total. The van der Waals surface area contributed by atoms with Crippen LogP contribution in [-0.2, 0) is 6.61 Å². The van der Waals surface area contributed by atoms with Crippen molar-refractivity contribution < 1.29 is 9.66 Å². The van der Waals surface area contributed by atoms with Gasteiger partial charge in [-0.2, -0.15) is 0 Å². The molecule has 0 radical (unpaired) electrons. The predicted octanol–water partition coefficient (Wildman–Crippen LogP) is 2.15. The number of aromatic nitrogens is 1. The van der Waals surface area contributed by atoms with Crippen LogP contribution in [-0.4, -0.2) is 9.91 Å². The Morgan fingerprint density at radius 3 is 2.61 bits per heavy atom.